The Bertz CT molecular complexity index is 1340. The summed E-state index contributed by atoms with van der Waals surface area (Å²) >= 11 is 2.44. The molecule has 4 nitrogen and oxygen atoms in total. The molecular formula is C21H12F3N3OS2. The van der Waals surface area contributed by atoms with E-state index in [2.05, 4.69) is 0 Å². The maximum absolute atomic E-state index is 13.1. The van der Waals surface area contributed by atoms with Gasteiger partial charge in [0.05, 0.1) is 15.8 Å². The lowest BCUT2D eigenvalue weighted by Gasteiger charge is -2.09. The van der Waals surface area contributed by atoms with Gasteiger partial charge in [0.25, 0.3) is 5.56 Å². The van der Waals surface area contributed by atoms with Crippen LogP contribution in [0.3, 0.4) is 0 Å². The largest absolute Gasteiger partial charge is 0.416 e. The smallest absolute Gasteiger partial charge is 0.267 e. The van der Waals surface area contributed by atoms with Gasteiger partial charge in [0.15, 0.2) is 5.57 Å². The second-order valence-electron chi connectivity index (χ2n) is 5.98. The quantitative estimate of drug-likeness (QED) is 0.580. The lowest BCUT2D eigenvalue weighted by molar-refractivity contribution is -0.137. The molecule has 0 N–H and O–H groups in total. The van der Waals surface area contributed by atoms with E-state index >= 15 is 0 Å². The number of benzene rings is 2. The first kappa shape index (κ1) is 21.4. The van der Waals surface area contributed by atoms with E-state index in [0.29, 0.717) is 5.56 Å². The van der Waals surface area contributed by atoms with Crippen molar-refractivity contribution in [2.24, 2.45) is 0 Å². The Hall–Kier alpha value is -3.27. The molecule has 0 bridgehead atoms. The van der Waals surface area contributed by atoms with Crippen molar-refractivity contribution in [2.75, 3.05) is 6.26 Å². The summed E-state index contributed by atoms with van der Waals surface area (Å²) in [5.41, 5.74) is -1.25. The highest BCUT2D eigenvalue weighted by atomic mass is 32.2. The van der Waals surface area contributed by atoms with E-state index in [4.69, 9.17) is 0 Å². The summed E-state index contributed by atoms with van der Waals surface area (Å²) in [7, 11) is 0. The molecule has 0 aliphatic rings. The van der Waals surface area contributed by atoms with E-state index in [-0.39, 0.29) is 20.5 Å². The Balaban J connectivity index is 2.33. The van der Waals surface area contributed by atoms with E-state index in [1.165, 1.54) is 12.1 Å². The van der Waals surface area contributed by atoms with Gasteiger partial charge in [0.2, 0.25) is 0 Å². The molecule has 0 saturated heterocycles. The van der Waals surface area contributed by atoms with Crippen LogP contribution in [0, 0.1) is 22.7 Å². The van der Waals surface area contributed by atoms with Crippen molar-refractivity contribution in [3.63, 3.8) is 0 Å². The van der Waals surface area contributed by atoms with Crippen LogP contribution in [0.25, 0.3) is 17.3 Å². The van der Waals surface area contributed by atoms with Crippen LogP contribution in [-0.4, -0.2) is 10.8 Å². The van der Waals surface area contributed by atoms with Crippen LogP contribution in [0.4, 0.5) is 13.2 Å². The number of alkyl halides is 3. The first-order valence-corrected chi connectivity index (χ1v) is 10.4. The third kappa shape index (κ3) is 4.33. The number of rotatable bonds is 3. The number of thiazole rings is 1. The molecule has 0 unspecified atom stereocenters. The van der Waals surface area contributed by atoms with Crippen LogP contribution in [0.5, 0.6) is 0 Å². The molecule has 0 aliphatic carbocycles. The molecule has 3 rings (SSSR count). The minimum Gasteiger partial charge on any atom is -0.267 e. The monoisotopic (exact) mass is 443 g/mol. The van der Waals surface area contributed by atoms with E-state index in [0.717, 1.165) is 32.9 Å². The van der Waals surface area contributed by atoms with Gasteiger partial charge in [-0.2, -0.15) is 23.7 Å². The fraction of sp³-hybridized carbons (Fsp3) is 0.0952. The number of halogens is 3. The second-order valence-corrected chi connectivity index (χ2v) is 7.89. The number of thioether (sulfide) groups is 1. The number of nitrogens with zero attached hydrogens (tertiary/aromatic N) is 3. The molecule has 2 aromatic carbocycles. The van der Waals surface area contributed by atoms with Crippen LogP contribution in [0.15, 0.2) is 58.2 Å². The van der Waals surface area contributed by atoms with Gasteiger partial charge in [-0.3, -0.25) is 9.36 Å². The number of nitriles is 2. The van der Waals surface area contributed by atoms with Gasteiger partial charge in [0.1, 0.15) is 16.8 Å². The van der Waals surface area contributed by atoms with Crippen LogP contribution in [-0.2, 0) is 6.18 Å². The summed E-state index contributed by atoms with van der Waals surface area (Å²) in [6.07, 6.45) is -1.09. The maximum atomic E-state index is 13.1. The van der Waals surface area contributed by atoms with E-state index < -0.39 is 17.3 Å². The van der Waals surface area contributed by atoms with Gasteiger partial charge in [-0.05, 0) is 48.2 Å². The van der Waals surface area contributed by atoms with E-state index in [1.807, 2.05) is 18.4 Å². The maximum Gasteiger partial charge on any atom is 0.416 e. The van der Waals surface area contributed by atoms with Crippen LogP contribution in [0.1, 0.15) is 11.1 Å². The molecule has 30 heavy (non-hydrogen) atoms. The zero-order chi connectivity index (χ0) is 21.9. The second kappa shape index (κ2) is 8.62. The minimum atomic E-state index is -4.60. The van der Waals surface area contributed by atoms with Crippen molar-refractivity contribution in [3.05, 3.63) is 79.2 Å². The molecule has 0 radical (unpaired) electrons. The fourth-order valence-corrected chi connectivity index (χ4v) is 4.14. The topological polar surface area (TPSA) is 69.6 Å². The van der Waals surface area contributed by atoms with Gasteiger partial charge >= 0.3 is 6.18 Å². The van der Waals surface area contributed by atoms with Crippen LogP contribution >= 0.6 is 23.1 Å². The molecule has 0 fully saturated rings. The van der Waals surface area contributed by atoms with E-state index in [9.17, 15) is 28.5 Å². The average molecular weight is 443 g/mol. The van der Waals surface area contributed by atoms with Gasteiger partial charge in [-0.25, -0.2) is 0 Å². The Morgan fingerprint density at radius 3 is 2.37 bits per heavy atom. The first-order chi connectivity index (χ1) is 14.3. The normalized spacial score (nSPS) is 11.7. The standard InChI is InChI=1S/C21H12F3N3OS2/c1-29-17-7-5-13(6-8-17)9-18-19(28)27(20(30-18)14(11-25)12-26)16-4-2-3-15(10-16)21(22,23)24/h2-10H,1H3. The first-order valence-electron chi connectivity index (χ1n) is 8.38. The summed E-state index contributed by atoms with van der Waals surface area (Å²) in [6.45, 7) is 0. The predicted molar refractivity (Wildman–Crippen MR) is 111 cm³/mol. The van der Waals surface area contributed by atoms with Crippen molar-refractivity contribution < 1.29 is 13.2 Å². The predicted octanol–water partition coefficient (Wildman–Crippen LogP) is 3.67. The molecule has 9 heteroatoms. The number of aromatic nitrogens is 1. The zero-order valence-electron chi connectivity index (χ0n) is 15.4. The summed E-state index contributed by atoms with van der Waals surface area (Å²) in [6, 6.07) is 15.0. The molecule has 150 valence electrons. The molecule has 0 aliphatic heterocycles. The van der Waals surface area contributed by atoms with Crippen LogP contribution < -0.4 is 14.8 Å². The molecule has 0 amide bonds. The van der Waals surface area contributed by atoms with Gasteiger partial charge in [-0.15, -0.1) is 23.1 Å². The fourth-order valence-electron chi connectivity index (χ4n) is 2.68. The molecule has 1 aromatic heterocycles. The summed E-state index contributed by atoms with van der Waals surface area (Å²) in [4.78, 5) is 14.1. The molecule has 0 spiro atoms. The zero-order valence-corrected chi connectivity index (χ0v) is 17.0. The number of hydrogen-bond acceptors (Lipinski definition) is 5. The lowest BCUT2D eigenvalue weighted by atomic mass is 10.2. The summed E-state index contributed by atoms with van der Waals surface area (Å²) < 4.78 is 40.5. The Labute approximate surface area is 177 Å². The minimum absolute atomic E-state index is 0.0173. The van der Waals surface area contributed by atoms with Gasteiger partial charge in [-0.1, -0.05) is 18.2 Å². The van der Waals surface area contributed by atoms with Crippen molar-refractivity contribution in [1.82, 2.24) is 4.57 Å². The van der Waals surface area contributed by atoms with Crippen molar-refractivity contribution in [3.8, 4) is 17.8 Å². The van der Waals surface area contributed by atoms with Crippen molar-refractivity contribution in [1.29, 1.82) is 10.5 Å². The highest BCUT2D eigenvalue weighted by Crippen LogP contribution is 2.30. The van der Waals surface area contributed by atoms with Crippen molar-refractivity contribution >= 4 is 34.7 Å². The molecule has 1 heterocycles. The molecular weight excluding hydrogens is 431 g/mol. The molecule has 0 saturated carbocycles. The Kier molecular flexibility index (Phi) is 6.16. The average Bonchev–Trinajstić information content (AvgIpc) is 3.05. The third-order valence-electron chi connectivity index (χ3n) is 4.11. The number of hydrogen-bond donors (Lipinski definition) is 0. The van der Waals surface area contributed by atoms with Crippen molar-refractivity contribution in [2.45, 2.75) is 11.1 Å². The highest BCUT2D eigenvalue weighted by Gasteiger charge is 2.30. The SMILES string of the molecule is CSc1ccc(C=c2sc(=C(C#N)C#N)n(-c3cccc(C(F)(F)F)c3)c2=O)cc1. The van der Waals surface area contributed by atoms with Gasteiger partial charge in [0, 0.05) is 4.90 Å². The van der Waals surface area contributed by atoms with Crippen LogP contribution in [0.2, 0.25) is 0 Å². The lowest BCUT2D eigenvalue weighted by Crippen LogP contribution is -2.30. The highest BCUT2D eigenvalue weighted by molar-refractivity contribution is 7.98. The Morgan fingerprint density at radius 2 is 1.80 bits per heavy atom. The molecule has 3 aromatic rings. The Morgan fingerprint density at radius 1 is 1.13 bits per heavy atom. The third-order valence-corrected chi connectivity index (χ3v) is 5.94. The molecule has 0 atom stereocenters. The summed E-state index contributed by atoms with van der Waals surface area (Å²) in [5, 5.41) is 18.5. The van der Waals surface area contributed by atoms with Gasteiger partial charge < -0.3 is 0 Å². The van der Waals surface area contributed by atoms with E-state index in [1.54, 1.807) is 42.1 Å². The summed E-state index contributed by atoms with van der Waals surface area (Å²) in [5.74, 6) is 0.